The van der Waals surface area contributed by atoms with Crippen LogP contribution in [0, 0.1) is 13.8 Å². The van der Waals surface area contributed by atoms with Crippen molar-refractivity contribution in [2.24, 2.45) is 0 Å². The molecule has 5 heteroatoms. The van der Waals surface area contributed by atoms with E-state index in [2.05, 4.69) is 17.1 Å². The molecule has 0 bridgehead atoms. The SMILES string of the molecule is CCCN(Cc1ccccc1OC)C(=O)CCc1c(C)n[nH]c1C. The van der Waals surface area contributed by atoms with Gasteiger partial charge in [-0.3, -0.25) is 9.89 Å². The number of aromatic amines is 1. The van der Waals surface area contributed by atoms with Gasteiger partial charge in [-0.15, -0.1) is 0 Å². The number of nitrogens with zero attached hydrogens (tertiary/aromatic N) is 2. The lowest BCUT2D eigenvalue weighted by atomic mass is 10.1. The van der Waals surface area contributed by atoms with Gasteiger partial charge in [0.15, 0.2) is 0 Å². The van der Waals surface area contributed by atoms with E-state index in [0.29, 0.717) is 13.0 Å². The summed E-state index contributed by atoms with van der Waals surface area (Å²) in [6, 6.07) is 7.87. The van der Waals surface area contributed by atoms with Crippen LogP contribution in [0.15, 0.2) is 24.3 Å². The summed E-state index contributed by atoms with van der Waals surface area (Å²) in [5, 5.41) is 7.18. The van der Waals surface area contributed by atoms with Crippen molar-refractivity contribution in [3.63, 3.8) is 0 Å². The highest BCUT2D eigenvalue weighted by Gasteiger charge is 2.16. The minimum absolute atomic E-state index is 0.169. The van der Waals surface area contributed by atoms with Crippen LogP contribution in [-0.2, 0) is 17.8 Å². The van der Waals surface area contributed by atoms with Gasteiger partial charge in [-0.05, 0) is 38.3 Å². The van der Waals surface area contributed by atoms with Crippen LogP contribution in [0.4, 0.5) is 0 Å². The number of methoxy groups -OCH3 is 1. The largest absolute Gasteiger partial charge is 0.496 e. The van der Waals surface area contributed by atoms with Crippen molar-refractivity contribution in [1.82, 2.24) is 15.1 Å². The third-order valence-electron chi connectivity index (χ3n) is 4.27. The third-order valence-corrected chi connectivity index (χ3v) is 4.27. The highest BCUT2D eigenvalue weighted by molar-refractivity contribution is 5.76. The second kappa shape index (κ2) is 8.52. The van der Waals surface area contributed by atoms with E-state index in [1.165, 1.54) is 0 Å². The molecule has 0 spiro atoms. The number of hydrogen-bond donors (Lipinski definition) is 1. The zero-order valence-corrected chi connectivity index (χ0v) is 15.1. The predicted octanol–water partition coefficient (Wildman–Crippen LogP) is 3.41. The fourth-order valence-corrected chi connectivity index (χ4v) is 2.93. The molecule has 1 amide bonds. The Morgan fingerprint density at radius 2 is 2.04 bits per heavy atom. The van der Waals surface area contributed by atoms with Crippen LogP contribution >= 0.6 is 0 Å². The summed E-state index contributed by atoms with van der Waals surface area (Å²) >= 11 is 0. The van der Waals surface area contributed by atoms with Crippen molar-refractivity contribution in [3.8, 4) is 5.75 Å². The molecule has 0 saturated carbocycles. The van der Waals surface area contributed by atoms with Gasteiger partial charge in [-0.1, -0.05) is 25.1 Å². The van der Waals surface area contributed by atoms with E-state index in [1.54, 1.807) is 7.11 Å². The molecular weight excluding hydrogens is 302 g/mol. The Hall–Kier alpha value is -2.30. The molecule has 1 aromatic heterocycles. The van der Waals surface area contributed by atoms with E-state index in [4.69, 9.17) is 4.74 Å². The Morgan fingerprint density at radius 3 is 2.67 bits per heavy atom. The van der Waals surface area contributed by atoms with E-state index >= 15 is 0 Å². The van der Waals surface area contributed by atoms with Crippen molar-refractivity contribution in [2.75, 3.05) is 13.7 Å². The van der Waals surface area contributed by atoms with Crippen molar-refractivity contribution < 1.29 is 9.53 Å². The maximum Gasteiger partial charge on any atom is 0.223 e. The molecular formula is C19H27N3O2. The normalized spacial score (nSPS) is 10.7. The van der Waals surface area contributed by atoms with Crippen LogP contribution in [0.3, 0.4) is 0 Å². The third kappa shape index (κ3) is 4.37. The Morgan fingerprint density at radius 1 is 1.29 bits per heavy atom. The summed E-state index contributed by atoms with van der Waals surface area (Å²) in [4.78, 5) is 14.6. The van der Waals surface area contributed by atoms with Gasteiger partial charge in [0.25, 0.3) is 0 Å². The fraction of sp³-hybridized carbons (Fsp3) is 0.474. The lowest BCUT2D eigenvalue weighted by Crippen LogP contribution is -2.31. The second-order valence-corrected chi connectivity index (χ2v) is 6.04. The Balaban J connectivity index is 2.05. The molecule has 1 aromatic carbocycles. The summed E-state index contributed by atoms with van der Waals surface area (Å²) in [7, 11) is 1.66. The minimum Gasteiger partial charge on any atom is -0.496 e. The summed E-state index contributed by atoms with van der Waals surface area (Å²) in [5.74, 6) is 0.996. The number of hydrogen-bond acceptors (Lipinski definition) is 3. The number of para-hydroxylation sites is 1. The number of aromatic nitrogens is 2. The van der Waals surface area contributed by atoms with Crippen molar-refractivity contribution in [1.29, 1.82) is 0 Å². The molecule has 2 rings (SSSR count). The molecule has 5 nitrogen and oxygen atoms in total. The maximum absolute atomic E-state index is 12.7. The van der Waals surface area contributed by atoms with Crippen LogP contribution in [0.1, 0.15) is 42.3 Å². The van der Waals surface area contributed by atoms with E-state index in [-0.39, 0.29) is 5.91 Å². The van der Waals surface area contributed by atoms with Gasteiger partial charge in [-0.25, -0.2) is 0 Å². The highest BCUT2D eigenvalue weighted by atomic mass is 16.5. The molecule has 0 saturated heterocycles. The van der Waals surface area contributed by atoms with Gasteiger partial charge in [0, 0.05) is 30.8 Å². The molecule has 0 aliphatic rings. The fourth-order valence-electron chi connectivity index (χ4n) is 2.93. The van der Waals surface area contributed by atoms with E-state index in [9.17, 15) is 4.79 Å². The molecule has 2 aromatic rings. The van der Waals surface area contributed by atoms with E-state index < -0.39 is 0 Å². The number of H-pyrrole nitrogens is 1. The summed E-state index contributed by atoms with van der Waals surface area (Å²) < 4.78 is 5.40. The molecule has 1 N–H and O–H groups in total. The van der Waals surface area contributed by atoms with E-state index in [0.717, 1.165) is 47.7 Å². The lowest BCUT2D eigenvalue weighted by Gasteiger charge is -2.23. The van der Waals surface area contributed by atoms with Gasteiger partial charge in [0.05, 0.1) is 12.8 Å². The quantitative estimate of drug-likeness (QED) is 0.807. The average molecular weight is 329 g/mol. The Labute approximate surface area is 144 Å². The van der Waals surface area contributed by atoms with Crippen molar-refractivity contribution in [3.05, 3.63) is 46.8 Å². The lowest BCUT2D eigenvalue weighted by molar-refractivity contribution is -0.131. The van der Waals surface area contributed by atoms with Crippen LogP contribution in [0.25, 0.3) is 0 Å². The zero-order chi connectivity index (χ0) is 17.5. The monoisotopic (exact) mass is 329 g/mol. The number of amides is 1. The minimum atomic E-state index is 0.169. The molecule has 0 radical (unpaired) electrons. The van der Waals surface area contributed by atoms with Crippen molar-refractivity contribution in [2.45, 2.75) is 46.6 Å². The summed E-state index contributed by atoms with van der Waals surface area (Å²) in [6.45, 7) is 7.40. The number of rotatable bonds is 8. The number of carbonyl (C=O) groups excluding carboxylic acids is 1. The Kier molecular flexibility index (Phi) is 6.41. The zero-order valence-electron chi connectivity index (χ0n) is 15.1. The van der Waals surface area contributed by atoms with Crippen LogP contribution in [0.5, 0.6) is 5.75 Å². The highest BCUT2D eigenvalue weighted by Crippen LogP contribution is 2.20. The molecule has 1 heterocycles. The molecule has 0 aliphatic carbocycles. The van der Waals surface area contributed by atoms with Crippen LogP contribution in [-0.4, -0.2) is 34.7 Å². The number of ether oxygens (including phenoxy) is 1. The Bertz CT molecular complexity index is 660. The summed E-state index contributed by atoms with van der Waals surface area (Å²) in [6.07, 6.45) is 2.15. The molecule has 130 valence electrons. The topological polar surface area (TPSA) is 58.2 Å². The van der Waals surface area contributed by atoms with Gasteiger partial charge >= 0.3 is 0 Å². The molecule has 0 atom stereocenters. The van der Waals surface area contributed by atoms with Crippen LogP contribution in [0.2, 0.25) is 0 Å². The number of benzene rings is 1. The van der Waals surface area contributed by atoms with Crippen molar-refractivity contribution >= 4 is 5.91 Å². The standard InChI is InChI=1S/C19H27N3O2/c1-5-12-22(13-16-8-6-7-9-18(16)24-4)19(23)11-10-17-14(2)20-21-15(17)3/h6-9H,5,10-13H2,1-4H3,(H,20,21). The van der Waals surface area contributed by atoms with Crippen LogP contribution < -0.4 is 4.74 Å². The molecule has 0 unspecified atom stereocenters. The smallest absolute Gasteiger partial charge is 0.223 e. The summed E-state index contributed by atoms with van der Waals surface area (Å²) in [5.41, 5.74) is 4.22. The van der Waals surface area contributed by atoms with Gasteiger partial charge in [0.2, 0.25) is 5.91 Å². The maximum atomic E-state index is 12.7. The number of carbonyl (C=O) groups is 1. The molecule has 24 heavy (non-hydrogen) atoms. The van der Waals surface area contributed by atoms with Gasteiger partial charge in [0.1, 0.15) is 5.75 Å². The molecule has 0 fully saturated rings. The first-order valence-electron chi connectivity index (χ1n) is 8.46. The number of aryl methyl sites for hydroxylation is 2. The second-order valence-electron chi connectivity index (χ2n) is 6.04. The first-order valence-corrected chi connectivity index (χ1v) is 8.46. The first kappa shape index (κ1) is 18.0. The van der Waals surface area contributed by atoms with Gasteiger partial charge in [-0.2, -0.15) is 5.10 Å². The first-order chi connectivity index (χ1) is 11.6. The molecule has 0 aliphatic heterocycles. The average Bonchev–Trinajstić information content (AvgIpc) is 2.91. The number of nitrogens with one attached hydrogen (secondary N) is 1. The predicted molar refractivity (Wildman–Crippen MR) is 95.1 cm³/mol. The van der Waals surface area contributed by atoms with Gasteiger partial charge < -0.3 is 9.64 Å². The van der Waals surface area contributed by atoms with E-state index in [1.807, 2.05) is 43.0 Å².